The molecule has 5 heteroatoms. The van der Waals surface area contributed by atoms with Gasteiger partial charge in [0.15, 0.2) is 0 Å². The largest absolute Gasteiger partial charge is 0.750 e. The van der Waals surface area contributed by atoms with Crippen LogP contribution in [0.2, 0.25) is 0 Å². The Morgan fingerprint density at radius 3 is 1.80 bits per heavy atom. The maximum atomic E-state index is 8.56. The number of hydrogen-bond donors (Lipinski definition) is 1. The summed E-state index contributed by atoms with van der Waals surface area (Å²) >= 11 is -2.86. The fourth-order valence-electron chi connectivity index (χ4n) is 0. The Kier molecular flexibility index (Phi) is 8.63. The topological polar surface area (TPSA) is 60.4 Å². The Bertz CT molecular complexity index is 29.9. The summed E-state index contributed by atoms with van der Waals surface area (Å²) in [6.07, 6.45) is 0. The normalized spacial score (nSPS) is 12.4. The van der Waals surface area contributed by atoms with Crippen LogP contribution in [0, 0.1) is 0 Å². The monoisotopic (exact) mass is 183 g/mol. The van der Waals surface area contributed by atoms with Gasteiger partial charge in [0.1, 0.15) is 0 Å². The van der Waals surface area contributed by atoms with E-state index in [9.17, 15) is 0 Å². The van der Waals surface area contributed by atoms with Gasteiger partial charge in [-0.1, -0.05) is 0 Å². The van der Waals surface area contributed by atoms with Crippen LogP contribution in [-0.2, 0) is 30.8 Å². The summed E-state index contributed by atoms with van der Waals surface area (Å²) in [6.45, 7) is 0. The molecule has 34 valence electrons. The standard InChI is InChI=1S/H2O3S.Ru/c1-4(2)3;/h(H2,1,2,3);/p-1. The van der Waals surface area contributed by atoms with E-state index < -0.39 is 11.4 Å². The predicted octanol–water partition coefficient (Wildman–Crippen LogP) is -0.664. The zero-order valence-corrected chi connectivity index (χ0v) is 4.58. The van der Waals surface area contributed by atoms with Gasteiger partial charge in [-0.05, 0) is 0 Å². The molecule has 0 spiro atoms. The van der Waals surface area contributed by atoms with Gasteiger partial charge < -0.3 is 9.11 Å². The maximum Gasteiger partial charge on any atom is 0.0814 e. The second-order valence-electron chi connectivity index (χ2n) is 0.217. The van der Waals surface area contributed by atoms with Crippen LogP contribution in [0.15, 0.2) is 0 Å². The van der Waals surface area contributed by atoms with Crippen molar-refractivity contribution in [2.24, 2.45) is 0 Å². The minimum Gasteiger partial charge on any atom is -0.750 e. The van der Waals surface area contributed by atoms with E-state index in [1.54, 1.807) is 0 Å². The van der Waals surface area contributed by atoms with Crippen LogP contribution >= 0.6 is 0 Å². The Morgan fingerprint density at radius 2 is 1.80 bits per heavy atom. The summed E-state index contributed by atoms with van der Waals surface area (Å²) in [5.41, 5.74) is 0. The van der Waals surface area contributed by atoms with Crippen LogP contribution in [0.5, 0.6) is 0 Å². The van der Waals surface area contributed by atoms with Gasteiger partial charge in [0.25, 0.3) is 0 Å². The molecule has 0 bridgehead atoms. The molecule has 1 N–H and O–H groups in total. The predicted molar refractivity (Wildman–Crippen MR) is 11.5 cm³/mol. The quantitative estimate of drug-likeness (QED) is 0.399. The molecular formula is HO3RuS-. The molecule has 0 amide bonds. The molecule has 0 saturated carbocycles. The minimum absolute atomic E-state index is 0. The van der Waals surface area contributed by atoms with Crippen LogP contribution in [-0.4, -0.2) is 13.3 Å². The van der Waals surface area contributed by atoms with Crippen molar-refractivity contribution in [1.29, 1.82) is 0 Å². The Labute approximate surface area is 44.6 Å². The van der Waals surface area contributed by atoms with Gasteiger partial charge >= 0.3 is 0 Å². The molecule has 0 aromatic rings. The summed E-state index contributed by atoms with van der Waals surface area (Å²) in [7, 11) is 0. The molecule has 0 radical (unpaired) electrons. The maximum absolute atomic E-state index is 8.56. The molecular weight excluding hydrogens is 181 g/mol. The Balaban J connectivity index is 0. The first-order valence-corrected chi connectivity index (χ1v) is 1.55. The van der Waals surface area contributed by atoms with Gasteiger partial charge in [0, 0.05) is 19.5 Å². The molecule has 1 unspecified atom stereocenters. The second-order valence-corrected chi connectivity index (χ2v) is 0.651. The van der Waals surface area contributed by atoms with E-state index >= 15 is 0 Å². The van der Waals surface area contributed by atoms with Crippen LogP contribution in [0.4, 0.5) is 0 Å². The zero-order valence-electron chi connectivity index (χ0n) is 2.03. The van der Waals surface area contributed by atoms with Crippen LogP contribution in [0.3, 0.4) is 0 Å². The third-order valence-corrected chi connectivity index (χ3v) is 0. The third kappa shape index (κ3) is 70.8. The van der Waals surface area contributed by atoms with E-state index in [0.29, 0.717) is 0 Å². The van der Waals surface area contributed by atoms with Crippen molar-refractivity contribution in [3.05, 3.63) is 0 Å². The van der Waals surface area contributed by atoms with E-state index in [2.05, 4.69) is 0 Å². The summed E-state index contributed by atoms with van der Waals surface area (Å²) in [6, 6.07) is 0. The van der Waals surface area contributed by atoms with E-state index in [4.69, 9.17) is 13.3 Å². The first kappa shape index (κ1) is 9.19. The fraction of sp³-hybridized carbons (Fsp3) is 0. The van der Waals surface area contributed by atoms with Gasteiger partial charge in [-0.3, -0.25) is 0 Å². The molecule has 0 aliphatic carbocycles. The first-order valence-electron chi connectivity index (χ1n) is 0.516. The fourth-order valence-corrected chi connectivity index (χ4v) is 0. The Hall–Kier alpha value is 0.693. The molecule has 0 aliphatic heterocycles. The van der Waals surface area contributed by atoms with Crippen molar-refractivity contribution in [1.82, 2.24) is 0 Å². The van der Waals surface area contributed by atoms with Crippen LogP contribution in [0.25, 0.3) is 0 Å². The van der Waals surface area contributed by atoms with Crippen molar-refractivity contribution < 1.29 is 32.8 Å². The molecule has 5 heavy (non-hydrogen) atoms. The van der Waals surface area contributed by atoms with Crippen molar-refractivity contribution in [3.63, 3.8) is 0 Å². The summed E-state index contributed by atoms with van der Waals surface area (Å²) < 4.78 is 24.1. The van der Waals surface area contributed by atoms with Crippen molar-refractivity contribution in [2.75, 3.05) is 0 Å². The molecule has 0 aliphatic rings. The number of hydrogen-bond acceptors (Lipinski definition) is 2. The average Bonchev–Trinajstić information content (AvgIpc) is 0.811. The van der Waals surface area contributed by atoms with Gasteiger partial charge in [-0.25, -0.2) is 4.21 Å². The third-order valence-electron chi connectivity index (χ3n) is 0. The van der Waals surface area contributed by atoms with E-state index in [1.807, 2.05) is 0 Å². The second kappa shape index (κ2) is 4.69. The molecule has 0 fully saturated rings. The van der Waals surface area contributed by atoms with E-state index in [1.165, 1.54) is 0 Å². The van der Waals surface area contributed by atoms with Crippen molar-refractivity contribution in [3.8, 4) is 0 Å². The smallest absolute Gasteiger partial charge is 0.0814 e. The summed E-state index contributed by atoms with van der Waals surface area (Å²) in [5.74, 6) is 0. The van der Waals surface area contributed by atoms with Crippen LogP contribution < -0.4 is 0 Å². The molecule has 0 rings (SSSR count). The average molecular weight is 182 g/mol. The van der Waals surface area contributed by atoms with Crippen LogP contribution in [0.1, 0.15) is 0 Å². The molecule has 0 heterocycles. The molecule has 0 saturated heterocycles. The first-order chi connectivity index (χ1) is 1.73. The molecule has 0 aromatic heterocycles. The van der Waals surface area contributed by atoms with E-state index in [-0.39, 0.29) is 19.5 Å². The van der Waals surface area contributed by atoms with Gasteiger partial charge in [-0.15, -0.1) is 0 Å². The van der Waals surface area contributed by atoms with Gasteiger partial charge in [-0.2, -0.15) is 0 Å². The van der Waals surface area contributed by atoms with Gasteiger partial charge in [0.2, 0.25) is 0 Å². The molecule has 3 nitrogen and oxygen atoms in total. The molecule has 0 aromatic carbocycles. The van der Waals surface area contributed by atoms with Crippen molar-refractivity contribution >= 4 is 11.4 Å². The summed E-state index contributed by atoms with van der Waals surface area (Å²) in [4.78, 5) is 0. The molecule has 1 atom stereocenters. The van der Waals surface area contributed by atoms with Crippen molar-refractivity contribution in [2.45, 2.75) is 0 Å². The van der Waals surface area contributed by atoms with Gasteiger partial charge in [0.05, 0.1) is 11.4 Å². The number of rotatable bonds is 0. The summed E-state index contributed by atoms with van der Waals surface area (Å²) in [5, 5.41) is 0. The SMILES string of the molecule is O=S([O-])O.[Ru]. The Morgan fingerprint density at radius 1 is 1.80 bits per heavy atom. The zero-order chi connectivity index (χ0) is 3.58. The van der Waals surface area contributed by atoms with E-state index in [0.717, 1.165) is 0 Å². The minimum atomic E-state index is -2.86.